The van der Waals surface area contributed by atoms with Gasteiger partial charge in [-0.3, -0.25) is 9.59 Å². The van der Waals surface area contributed by atoms with Crippen LogP contribution in [0.5, 0.6) is 0 Å². The van der Waals surface area contributed by atoms with Crippen LogP contribution in [0.2, 0.25) is 0 Å². The molecule has 2 rings (SSSR count). The van der Waals surface area contributed by atoms with Gasteiger partial charge in [0, 0.05) is 12.5 Å². The Morgan fingerprint density at radius 2 is 2.14 bits per heavy atom. The van der Waals surface area contributed by atoms with Crippen LogP contribution in [0.4, 0.5) is 0 Å². The molecule has 4 heteroatoms. The Labute approximate surface area is 82.7 Å². The molecule has 3 atom stereocenters. The van der Waals surface area contributed by atoms with E-state index in [-0.39, 0.29) is 23.8 Å². The van der Waals surface area contributed by atoms with Gasteiger partial charge in [0.05, 0.1) is 5.92 Å². The van der Waals surface area contributed by atoms with Crippen LogP contribution in [0, 0.1) is 11.8 Å². The van der Waals surface area contributed by atoms with Crippen molar-refractivity contribution >= 4 is 11.9 Å². The lowest BCUT2D eigenvalue weighted by molar-refractivity contribution is -0.147. The summed E-state index contributed by atoms with van der Waals surface area (Å²) in [7, 11) is 0. The molecule has 1 heterocycles. The summed E-state index contributed by atoms with van der Waals surface area (Å²) in [5.41, 5.74) is 0. The number of aliphatic carboxylic acids is 1. The average Bonchev–Trinajstić information content (AvgIpc) is 2.16. The highest BCUT2D eigenvalue weighted by atomic mass is 16.4. The van der Waals surface area contributed by atoms with Gasteiger partial charge >= 0.3 is 5.97 Å². The fourth-order valence-corrected chi connectivity index (χ4v) is 2.73. The van der Waals surface area contributed by atoms with Crippen molar-refractivity contribution in [3.8, 4) is 0 Å². The van der Waals surface area contributed by atoms with Gasteiger partial charge in [-0.05, 0) is 25.2 Å². The first-order valence-corrected chi connectivity index (χ1v) is 5.20. The predicted octanol–water partition coefficient (Wildman–Crippen LogP) is 0.766. The zero-order chi connectivity index (χ0) is 10.1. The zero-order valence-corrected chi connectivity index (χ0v) is 8.03. The van der Waals surface area contributed by atoms with E-state index in [1.165, 1.54) is 0 Å². The van der Waals surface area contributed by atoms with E-state index in [9.17, 15) is 9.59 Å². The number of rotatable bonds is 1. The summed E-state index contributed by atoms with van der Waals surface area (Å²) in [6.07, 6.45) is 3.86. The Kier molecular flexibility index (Phi) is 2.44. The van der Waals surface area contributed by atoms with E-state index in [0.29, 0.717) is 6.42 Å². The molecule has 1 aliphatic carbocycles. The number of fused-ring (bicyclic) bond motifs is 1. The lowest BCUT2D eigenvalue weighted by Gasteiger charge is -2.39. The number of carboxylic acid groups (broad SMARTS) is 1. The molecule has 2 fully saturated rings. The second kappa shape index (κ2) is 3.59. The minimum Gasteiger partial charge on any atom is -0.481 e. The fourth-order valence-electron chi connectivity index (χ4n) is 2.73. The van der Waals surface area contributed by atoms with E-state index in [4.69, 9.17) is 5.11 Å². The normalized spacial score (nSPS) is 37.1. The Hall–Kier alpha value is -1.06. The number of carbonyl (C=O) groups is 2. The molecule has 4 nitrogen and oxygen atoms in total. The number of nitrogens with one attached hydrogen (secondary N) is 1. The Bertz CT molecular complexity index is 264. The van der Waals surface area contributed by atoms with Crippen LogP contribution < -0.4 is 5.32 Å². The molecule has 1 saturated carbocycles. The first kappa shape index (κ1) is 9.49. The number of amides is 1. The summed E-state index contributed by atoms with van der Waals surface area (Å²) in [6, 6.07) is 0.117. The molecule has 0 aromatic heterocycles. The van der Waals surface area contributed by atoms with Gasteiger partial charge in [-0.15, -0.1) is 0 Å². The van der Waals surface area contributed by atoms with Crippen LogP contribution in [-0.2, 0) is 9.59 Å². The summed E-state index contributed by atoms with van der Waals surface area (Å²) in [5, 5.41) is 11.9. The average molecular weight is 197 g/mol. The number of hydrogen-bond acceptors (Lipinski definition) is 2. The van der Waals surface area contributed by atoms with Crippen molar-refractivity contribution in [3.63, 3.8) is 0 Å². The van der Waals surface area contributed by atoms with Gasteiger partial charge in [-0.25, -0.2) is 0 Å². The third-order valence-electron chi connectivity index (χ3n) is 3.43. The molecule has 14 heavy (non-hydrogen) atoms. The molecular weight excluding hydrogens is 182 g/mol. The van der Waals surface area contributed by atoms with Crippen LogP contribution in [0.25, 0.3) is 0 Å². The molecular formula is C10H15NO3. The maximum absolute atomic E-state index is 11.1. The lowest BCUT2D eigenvalue weighted by atomic mass is 9.72. The van der Waals surface area contributed by atoms with Crippen molar-refractivity contribution in [2.75, 3.05) is 0 Å². The molecule has 0 bridgehead atoms. The van der Waals surface area contributed by atoms with Crippen LogP contribution in [0.1, 0.15) is 32.1 Å². The van der Waals surface area contributed by atoms with Gasteiger partial charge in [0.2, 0.25) is 5.91 Å². The monoisotopic (exact) mass is 197 g/mol. The molecule has 0 aromatic carbocycles. The molecule has 0 spiro atoms. The molecule has 2 aliphatic rings. The minimum atomic E-state index is -0.698. The molecule has 78 valence electrons. The van der Waals surface area contributed by atoms with Gasteiger partial charge in [0.1, 0.15) is 0 Å². The summed E-state index contributed by atoms with van der Waals surface area (Å²) in [5.74, 6) is -0.693. The van der Waals surface area contributed by atoms with E-state index in [1.54, 1.807) is 0 Å². The van der Waals surface area contributed by atoms with Gasteiger partial charge in [0.15, 0.2) is 0 Å². The van der Waals surface area contributed by atoms with E-state index >= 15 is 0 Å². The smallest absolute Gasteiger partial charge is 0.306 e. The Balaban J connectivity index is 2.09. The van der Waals surface area contributed by atoms with Crippen LogP contribution in [-0.4, -0.2) is 23.0 Å². The van der Waals surface area contributed by atoms with Crippen molar-refractivity contribution in [1.29, 1.82) is 0 Å². The van der Waals surface area contributed by atoms with Crippen molar-refractivity contribution in [2.45, 2.75) is 38.1 Å². The number of carbonyl (C=O) groups excluding carboxylic acids is 1. The largest absolute Gasteiger partial charge is 0.481 e. The number of piperidine rings is 1. The summed E-state index contributed by atoms with van der Waals surface area (Å²) >= 11 is 0. The van der Waals surface area contributed by atoms with E-state index in [1.807, 2.05) is 0 Å². The van der Waals surface area contributed by atoms with Gasteiger partial charge < -0.3 is 10.4 Å². The molecule has 1 amide bonds. The summed E-state index contributed by atoms with van der Waals surface area (Å²) < 4.78 is 0. The topological polar surface area (TPSA) is 66.4 Å². The Morgan fingerprint density at radius 1 is 1.36 bits per heavy atom. The summed E-state index contributed by atoms with van der Waals surface area (Å²) in [6.45, 7) is 0. The SMILES string of the molecule is O=C1CCC2C(CCCC2C(=O)O)N1. The second-order valence-corrected chi connectivity index (χ2v) is 4.25. The third kappa shape index (κ3) is 1.61. The van der Waals surface area contributed by atoms with Crippen molar-refractivity contribution < 1.29 is 14.7 Å². The van der Waals surface area contributed by atoms with E-state index in [0.717, 1.165) is 25.7 Å². The summed E-state index contributed by atoms with van der Waals surface area (Å²) in [4.78, 5) is 22.1. The minimum absolute atomic E-state index is 0.0808. The van der Waals surface area contributed by atoms with Crippen LogP contribution in [0.15, 0.2) is 0 Å². The Morgan fingerprint density at radius 3 is 2.86 bits per heavy atom. The van der Waals surface area contributed by atoms with Gasteiger partial charge in [-0.1, -0.05) is 6.42 Å². The molecule has 0 aromatic rings. The lowest BCUT2D eigenvalue weighted by Crippen LogP contribution is -2.50. The molecule has 0 radical (unpaired) electrons. The van der Waals surface area contributed by atoms with Crippen molar-refractivity contribution in [3.05, 3.63) is 0 Å². The maximum Gasteiger partial charge on any atom is 0.306 e. The second-order valence-electron chi connectivity index (χ2n) is 4.25. The van der Waals surface area contributed by atoms with Gasteiger partial charge in [-0.2, -0.15) is 0 Å². The van der Waals surface area contributed by atoms with Crippen LogP contribution in [0.3, 0.4) is 0 Å². The van der Waals surface area contributed by atoms with E-state index < -0.39 is 5.97 Å². The predicted molar refractivity (Wildman–Crippen MR) is 49.6 cm³/mol. The van der Waals surface area contributed by atoms with Crippen molar-refractivity contribution in [1.82, 2.24) is 5.32 Å². The number of carboxylic acids is 1. The van der Waals surface area contributed by atoms with Gasteiger partial charge in [0.25, 0.3) is 0 Å². The first-order valence-electron chi connectivity index (χ1n) is 5.20. The van der Waals surface area contributed by atoms with E-state index in [2.05, 4.69) is 5.32 Å². The zero-order valence-electron chi connectivity index (χ0n) is 8.03. The highest BCUT2D eigenvalue weighted by Gasteiger charge is 2.40. The highest BCUT2D eigenvalue weighted by Crippen LogP contribution is 2.35. The molecule has 3 unspecified atom stereocenters. The quantitative estimate of drug-likeness (QED) is 0.652. The standard InChI is InChI=1S/C10H15NO3/c12-9-5-4-6-7(10(13)14)2-1-3-8(6)11-9/h6-8H,1-5H2,(H,11,12)(H,13,14). The third-order valence-corrected chi connectivity index (χ3v) is 3.43. The van der Waals surface area contributed by atoms with Crippen LogP contribution >= 0.6 is 0 Å². The molecule has 1 aliphatic heterocycles. The number of hydrogen-bond donors (Lipinski definition) is 2. The molecule has 1 saturated heterocycles. The highest BCUT2D eigenvalue weighted by molar-refractivity contribution is 5.78. The molecule has 2 N–H and O–H groups in total. The first-order chi connectivity index (χ1) is 6.68. The fraction of sp³-hybridized carbons (Fsp3) is 0.800. The van der Waals surface area contributed by atoms with Crippen molar-refractivity contribution in [2.24, 2.45) is 11.8 Å². The maximum atomic E-state index is 11.1.